The number of aromatic nitrogens is 2. The highest BCUT2D eigenvalue weighted by Gasteiger charge is 2.32. The zero-order valence-electron chi connectivity index (χ0n) is 13.8. The lowest BCUT2D eigenvalue weighted by Crippen LogP contribution is -2.28. The molecule has 0 bridgehead atoms. The predicted molar refractivity (Wildman–Crippen MR) is 82.0 cm³/mol. The van der Waals surface area contributed by atoms with Crippen molar-refractivity contribution in [3.63, 3.8) is 0 Å². The molecule has 1 aromatic rings. The third-order valence-corrected chi connectivity index (χ3v) is 4.62. The van der Waals surface area contributed by atoms with Crippen molar-refractivity contribution in [2.24, 2.45) is 17.1 Å². The Bertz CT molecular complexity index is 431. The van der Waals surface area contributed by atoms with E-state index >= 15 is 0 Å². The highest BCUT2D eigenvalue weighted by atomic mass is 16.5. The Morgan fingerprint density at radius 2 is 1.95 bits per heavy atom. The molecule has 2 N–H and O–H groups in total. The molecular formula is C16H29N3O2. The SMILES string of the molecule is COCC(N)Cc1nc(C2CCC(C(C)(C)C)CC2)no1. The molecule has 1 unspecified atom stereocenters. The minimum Gasteiger partial charge on any atom is -0.383 e. The number of ether oxygens (including phenoxy) is 1. The minimum absolute atomic E-state index is 0.0834. The van der Waals surface area contributed by atoms with Crippen LogP contribution in [0.3, 0.4) is 0 Å². The topological polar surface area (TPSA) is 74.2 Å². The molecule has 120 valence electrons. The summed E-state index contributed by atoms with van der Waals surface area (Å²) in [6.07, 6.45) is 5.40. The maximum atomic E-state index is 5.92. The van der Waals surface area contributed by atoms with Crippen molar-refractivity contribution in [2.75, 3.05) is 13.7 Å². The van der Waals surface area contributed by atoms with Crippen LogP contribution < -0.4 is 5.73 Å². The highest BCUT2D eigenvalue weighted by molar-refractivity contribution is 4.99. The summed E-state index contributed by atoms with van der Waals surface area (Å²) < 4.78 is 10.4. The number of nitrogens with zero attached hydrogens (tertiary/aromatic N) is 2. The van der Waals surface area contributed by atoms with Gasteiger partial charge in [0.1, 0.15) is 0 Å². The molecule has 1 aromatic heterocycles. The van der Waals surface area contributed by atoms with Crippen LogP contribution in [0.2, 0.25) is 0 Å². The first-order valence-corrected chi connectivity index (χ1v) is 7.97. The van der Waals surface area contributed by atoms with Gasteiger partial charge in [-0.05, 0) is 37.0 Å². The summed E-state index contributed by atoms with van der Waals surface area (Å²) in [5.41, 5.74) is 6.32. The van der Waals surface area contributed by atoms with Gasteiger partial charge in [0.15, 0.2) is 5.82 Å². The van der Waals surface area contributed by atoms with Crippen LogP contribution in [0.15, 0.2) is 4.52 Å². The van der Waals surface area contributed by atoms with Gasteiger partial charge in [-0.3, -0.25) is 0 Å². The molecule has 5 heteroatoms. The summed E-state index contributed by atoms with van der Waals surface area (Å²) in [6, 6.07) is -0.0834. The zero-order chi connectivity index (χ0) is 15.5. The fourth-order valence-corrected chi connectivity index (χ4v) is 3.23. The molecule has 0 radical (unpaired) electrons. The lowest BCUT2D eigenvalue weighted by Gasteiger charge is -2.36. The average Bonchev–Trinajstić information content (AvgIpc) is 2.86. The van der Waals surface area contributed by atoms with Crippen LogP contribution in [0, 0.1) is 11.3 Å². The number of nitrogens with two attached hydrogens (primary N) is 1. The molecule has 1 atom stereocenters. The number of methoxy groups -OCH3 is 1. The third kappa shape index (κ3) is 4.51. The first-order valence-electron chi connectivity index (χ1n) is 7.97. The molecule has 1 saturated carbocycles. The summed E-state index contributed by atoms with van der Waals surface area (Å²) in [6.45, 7) is 7.51. The maximum absolute atomic E-state index is 5.92. The summed E-state index contributed by atoms with van der Waals surface area (Å²) in [5.74, 6) is 2.74. The average molecular weight is 295 g/mol. The number of hydrogen-bond donors (Lipinski definition) is 1. The second-order valence-corrected chi connectivity index (χ2v) is 7.38. The van der Waals surface area contributed by atoms with E-state index in [1.165, 1.54) is 12.8 Å². The van der Waals surface area contributed by atoms with E-state index in [0.29, 0.717) is 30.3 Å². The minimum atomic E-state index is -0.0834. The smallest absolute Gasteiger partial charge is 0.228 e. The van der Waals surface area contributed by atoms with Crippen molar-refractivity contribution in [3.8, 4) is 0 Å². The molecule has 1 aliphatic rings. The monoisotopic (exact) mass is 295 g/mol. The Morgan fingerprint density at radius 3 is 2.52 bits per heavy atom. The Morgan fingerprint density at radius 1 is 1.29 bits per heavy atom. The fraction of sp³-hybridized carbons (Fsp3) is 0.875. The van der Waals surface area contributed by atoms with Gasteiger partial charge in [-0.1, -0.05) is 25.9 Å². The van der Waals surface area contributed by atoms with Crippen LogP contribution in [-0.4, -0.2) is 29.9 Å². The van der Waals surface area contributed by atoms with Crippen molar-refractivity contribution in [1.29, 1.82) is 0 Å². The lowest BCUT2D eigenvalue weighted by molar-refractivity contribution is 0.166. The van der Waals surface area contributed by atoms with Crippen LogP contribution in [-0.2, 0) is 11.2 Å². The van der Waals surface area contributed by atoms with E-state index in [1.807, 2.05) is 0 Å². The van der Waals surface area contributed by atoms with E-state index in [4.69, 9.17) is 15.0 Å². The molecular weight excluding hydrogens is 266 g/mol. The molecule has 0 spiro atoms. The van der Waals surface area contributed by atoms with E-state index in [2.05, 4.69) is 30.9 Å². The highest BCUT2D eigenvalue weighted by Crippen LogP contribution is 2.42. The molecule has 1 aliphatic carbocycles. The van der Waals surface area contributed by atoms with Crippen molar-refractivity contribution >= 4 is 0 Å². The molecule has 1 fully saturated rings. The number of rotatable bonds is 5. The van der Waals surface area contributed by atoms with Gasteiger partial charge in [-0.15, -0.1) is 0 Å². The van der Waals surface area contributed by atoms with Crippen molar-refractivity contribution < 1.29 is 9.26 Å². The fourth-order valence-electron chi connectivity index (χ4n) is 3.23. The van der Waals surface area contributed by atoms with Crippen molar-refractivity contribution in [3.05, 3.63) is 11.7 Å². The lowest BCUT2D eigenvalue weighted by atomic mass is 9.70. The molecule has 0 saturated heterocycles. The van der Waals surface area contributed by atoms with E-state index in [1.54, 1.807) is 7.11 Å². The Hall–Kier alpha value is -0.940. The van der Waals surface area contributed by atoms with Gasteiger partial charge >= 0.3 is 0 Å². The first kappa shape index (κ1) is 16.4. The zero-order valence-corrected chi connectivity index (χ0v) is 13.8. The molecule has 0 aliphatic heterocycles. The quantitative estimate of drug-likeness (QED) is 0.904. The maximum Gasteiger partial charge on any atom is 0.228 e. The van der Waals surface area contributed by atoms with Gasteiger partial charge < -0.3 is 15.0 Å². The molecule has 2 rings (SSSR count). The van der Waals surface area contributed by atoms with E-state index in [-0.39, 0.29) is 6.04 Å². The van der Waals surface area contributed by atoms with Gasteiger partial charge in [-0.25, -0.2) is 0 Å². The number of hydrogen-bond acceptors (Lipinski definition) is 5. The van der Waals surface area contributed by atoms with Crippen LogP contribution in [0.4, 0.5) is 0 Å². The Labute approximate surface area is 127 Å². The molecule has 0 amide bonds. The predicted octanol–water partition coefficient (Wildman–Crippen LogP) is 2.91. The van der Waals surface area contributed by atoms with E-state index in [0.717, 1.165) is 24.6 Å². The normalized spacial score (nSPS) is 25.0. The largest absolute Gasteiger partial charge is 0.383 e. The van der Waals surface area contributed by atoms with E-state index < -0.39 is 0 Å². The van der Waals surface area contributed by atoms with Crippen molar-refractivity contribution in [2.45, 2.75) is 64.8 Å². The van der Waals surface area contributed by atoms with Crippen LogP contribution in [0.1, 0.15) is 64.1 Å². The van der Waals surface area contributed by atoms with Gasteiger partial charge in [0.05, 0.1) is 6.61 Å². The van der Waals surface area contributed by atoms with Gasteiger partial charge in [-0.2, -0.15) is 4.98 Å². The molecule has 0 aromatic carbocycles. The molecule has 5 nitrogen and oxygen atoms in total. The van der Waals surface area contributed by atoms with Crippen LogP contribution in [0.5, 0.6) is 0 Å². The van der Waals surface area contributed by atoms with Crippen LogP contribution >= 0.6 is 0 Å². The van der Waals surface area contributed by atoms with Crippen molar-refractivity contribution in [1.82, 2.24) is 10.1 Å². The van der Waals surface area contributed by atoms with Gasteiger partial charge in [0, 0.05) is 25.5 Å². The first-order chi connectivity index (χ1) is 9.90. The van der Waals surface area contributed by atoms with Gasteiger partial charge in [0.25, 0.3) is 0 Å². The summed E-state index contributed by atoms with van der Waals surface area (Å²) in [5, 5.41) is 4.16. The standard InChI is InChI=1S/C16H29N3O2/c1-16(2,3)12-7-5-11(6-8-12)15-18-14(21-19-15)9-13(17)10-20-4/h11-13H,5-10,17H2,1-4H3. The second kappa shape index (κ2) is 6.88. The van der Waals surface area contributed by atoms with E-state index in [9.17, 15) is 0 Å². The third-order valence-electron chi connectivity index (χ3n) is 4.62. The van der Waals surface area contributed by atoms with Gasteiger partial charge in [0.2, 0.25) is 5.89 Å². The Kier molecular flexibility index (Phi) is 5.38. The summed E-state index contributed by atoms with van der Waals surface area (Å²) in [4.78, 5) is 4.53. The molecule has 21 heavy (non-hydrogen) atoms. The summed E-state index contributed by atoms with van der Waals surface area (Å²) in [7, 11) is 1.65. The second-order valence-electron chi connectivity index (χ2n) is 7.38. The summed E-state index contributed by atoms with van der Waals surface area (Å²) >= 11 is 0. The molecule has 1 heterocycles. The van der Waals surface area contributed by atoms with Crippen LogP contribution in [0.25, 0.3) is 0 Å². The Balaban J connectivity index is 1.88.